The topological polar surface area (TPSA) is 89.9 Å². The lowest BCUT2D eigenvalue weighted by Gasteiger charge is -2.30. The molecule has 0 unspecified atom stereocenters. The van der Waals surface area contributed by atoms with E-state index in [9.17, 15) is 4.79 Å². The molecule has 8 nitrogen and oxygen atoms in total. The van der Waals surface area contributed by atoms with E-state index in [0.717, 1.165) is 55.1 Å². The van der Waals surface area contributed by atoms with Gasteiger partial charge in [0, 0.05) is 56.1 Å². The van der Waals surface area contributed by atoms with E-state index in [4.69, 9.17) is 4.52 Å². The summed E-state index contributed by atoms with van der Waals surface area (Å²) >= 11 is 0. The van der Waals surface area contributed by atoms with E-state index in [1.807, 2.05) is 35.7 Å². The number of aryl methyl sites for hydroxylation is 2. The molecule has 8 heteroatoms. The van der Waals surface area contributed by atoms with E-state index in [-0.39, 0.29) is 11.8 Å². The molecule has 1 aliphatic rings. The Bertz CT molecular complexity index is 986. The maximum Gasteiger partial charge on any atom is 0.258 e. The summed E-state index contributed by atoms with van der Waals surface area (Å²) in [5.74, 6) is 1.67. The van der Waals surface area contributed by atoms with Crippen molar-refractivity contribution in [2.45, 2.75) is 45.4 Å². The van der Waals surface area contributed by atoms with Crippen LogP contribution in [0.1, 0.15) is 48.0 Å². The van der Waals surface area contributed by atoms with Crippen LogP contribution in [0.3, 0.4) is 0 Å². The first-order valence-electron chi connectivity index (χ1n) is 10.0. The highest BCUT2D eigenvalue weighted by Crippen LogP contribution is 2.28. The molecule has 1 fully saturated rings. The zero-order valence-corrected chi connectivity index (χ0v) is 17.1. The fraction of sp³-hybridized carbons (Fsp3) is 0.476. The van der Waals surface area contributed by atoms with Crippen molar-refractivity contribution in [3.63, 3.8) is 0 Å². The van der Waals surface area contributed by atoms with E-state index >= 15 is 0 Å². The van der Waals surface area contributed by atoms with Gasteiger partial charge in [-0.2, -0.15) is 10.1 Å². The van der Waals surface area contributed by atoms with Crippen molar-refractivity contribution in [3.8, 4) is 11.5 Å². The van der Waals surface area contributed by atoms with E-state index < -0.39 is 0 Å². The van der Waals surface area contributed by atoms with Crippen LogP contribution < -0.4 is 0 Å². The van der Waals surface area contributed by atoms with Gasteiger partial charge in [-0.05, 0) is 50.8 Å². The Hall–Kier alpha value is -3.03. The Morgan fingerprint density at radius 1 is 1.21 bits per heavy atom. The van der Waals surface area contributed by atoms with Gasteiger partial charge in [0.15, 0.2) is 5.82 Å². The number of aromatic nitrogens is 5. The zero-order valence-electron chi connectivity index (χ0n) is 17.1. The molecule has 29 heavy (non-hydrogen) atoms. The number of nitrogens with zero attached hydrogens (tertiary/aromatic N) is 6. The van der Waals surface area contributed by atoms with Gasteiger partial charge in [0.05, 0.1) is 5.69 Å². The molecule has 4 rings (SSSR count). The minimum atomic E-state index is 0.205. The van der Waals surface area contributed by atoms with Crippen LogP contribution in [0.5, 0.6) is 0 Å². The van der Waals surface area contributed by atoms with Crippen molar-refractivity contribution < 1.29 is 9.32 Å². The molecule has 0 atom stereocenters. The van der Waals surface area contributed by atoms with E-state index in [0.29, 0.717) is 12.3 Å². The van der Waals surface area contributed by atoms with Crippen LogP contribution in [-0.4, -0.2) is 48.8 Å². The highest BCUT2D eigenvalue weighted by molar-refractivity contribution is 5.76. The molecule has 0 aliphatic carbocycles. The molecule has 1 amide bonds. The Morgan fingerprint density at radius 2 is 1.93 bits per heavy atom. The van der Waals surface area contributed by atoms with Gasteiger partial charge in [-0.3, -0.25) is 14.5 Å². The van der Waals surface area contributed by atoms with Gasteiger partial charge in [-0.25, -0.2) is 0 Å². The largest absolute Gasteiger partial charge is 0.343 e. The fourth-order valence-corrected chi connectivity index (χ4v) is 3.97. The third-order valence-electron chi connectivity index (χ3n) is 5.83. The minimum Gasteiger partial charge on any atom is -0.343 e. The number of carbonyl (C=O) groups excluding carboxylic acids is 1. The number of amides is 1. The lowest BCUT2D eigenvalue weighted by molar-refractivity contribution is -0.132. The lowest BCUT2D eigenvalue weighted by atomic mass is 9.95. The number of hydrogen-bond donors (Lipinski definition) is 0. The van der Waals surface area contributed by atoms with Crippen molar-refractivity contribution in [1.82, 2.24) is 29.8 Å². The average Bonchev–Trinajstić information content (AvgIpc) is 3.33. The van der Waals surface area contributed by atoms with Crippen LogP contribution in [-0.2, 0) is 18.3 Å². The molecule has 1 saturated heterocycles. The molecule has 0 spiro atoms. The summed E-state index contributed by atoms with van der Waals surface area (Å²) in [6.07, 6.45) is 6.38. The fourth-order valence-electron chi connectivity index (χ4n) is 3.97. The van der Waals surface area contributed by atoms with Crippen LogP contribution >= 0.6 is 0 Å². The molecular weight excluding hydrogens is 368 g/mol. The monoisotopic (exact) mass is 394 g/mol. The standard InChI is InChI=1S/C21H26N6O2/c1-14-18(15(2)26(3)24-14)4-5-19(28)27-12-8-16(9-13-27)20-23-21(29-25-20)17-6-10-22-11-7-17/h6-7,10-11,16H,4-5,8-9,12-13H2,1-3H3. The number of pyridine rings is 1. The third kappa shape index (κ3) is 4.06. The Morgan fingerprint density at radius 3 is 2.59 bits per heavy atom. The summed E-state index contributed by atoms with van der Waals surface area (Å²) in [5, 5.41) is 8.60. The molecule has 0 N–H and O–H groups in total. The summed E-state index contributed by atoms with van der Waals surface area (Å²) in [6, 6.07) is 3.70. The van der Waals surface area contributed by atoms with Crippen LogP contribution in [0.25, 0.3) is 11.5 Å². The van der Waals surface area contributed by atoms with E-state index in [2.05, 4.69) is 27.1 Å². The lowest BCUT2D eigenvalue weighted by Crippen LogP contribution is -2.38. The van der Waals surface area contributed by atoms with Crippen LogP contribution in [0.4, 0.5) is 0 Å². The molecule has 4 heterocycles. The van der Waals surface area contributed by atoms with Crippen molar-refractivity contribution >= 4 is 5.91 Å². The highest BCUT2D eigenvalue weighted by Gasteiger charge is 2.27. The predicted octanol–water partition coefficient (Wildman–Crippen LogP) is 2.82. The normalized spacial score (nSPS) is 15.1. The number of piperidine rings is 1. The average molecular weight is 394 g/mol. The summed E-state index contributed by atoms with van der Waals surface area (Å²) in [4.78, 5) is 23.2. The summed E-state index contributed by atoms with van der Waals surface area (Å²) in [6.45, 7) is 5.52. The van der Waals surface area contributed by atoms with Gasteiger partial charge in [0.1, 0.15) is 0 Å². The van der Waals surface area contributed by atoms with Gasteiger partial charge in [0.2, 0.25) is 5.91 Å². The second-order valence-corrected chi connectivity index (χ2v) is 7.62. The first kappa shape index (κ1) is 19.3. The Kier molecular flexibility index (Phi) is 5.42. The van der Waals surface area contributed by atoms with Crippen molar-refractivity contribution in [2.24, 2.45) is 7.05 Å². The highest BCUT2D eigenvalue weighted by atomic mass is 16.5. The van der Waals surface area contributed by atoms with Gasteiger partial charge in [-0.1, -0.05) is 5.16 Å². The zero-order chi connectivity index (χ0) is 20.4. The maximum atomic E-state index is 12.7. The van der Waals surface area contributed by atoms with E-state index in [1.54, 1.807) is 12.4 Å². The van der Waals surface area contributed by atoms with Gasteiger partial charge >= 0.3 is 0 Å². The SMILES string of the molecule is Cc1nn(C)c(C)c1CCC(=O)N1CCC(c2noc(-c3ccncc3)n2)CC1. The maximum absolute atomic E-state index is 12.7. The van der Waals surface area contributed by atoms with Crippen molar-refractivity contribution in [1.29, 1.82) is 0 Å². The summed E-state index contributed by atoms with van der Waals surface area (Å²) in [7, 11) is 1.94. The van der Waals surface area contributed by atoms with E-state index in [1.165, 1.54) is 5.56 Å². The van der Waals surface area contributed by atoms with Crippen molar-refractivity contribution in [2.75, 3.05) is 13.1 Å². The molecule has 0 saturated carbocycles. The number of carbonyl (C=O) groups is 1. The van der Waals surface area contributed by atoms with Crippen LogP contribution in [0.15, 0.2) is 29.0 Å². The predicted molar refractivity (Wildman–Crippen MR) is 107 cm³/mol. The second kappa shape index (κ2) is 8.14. The molecule has 1 aliphatic heterocycles. The van der Waals surface area contributed by atoms with Gasteiger partial charge < -0.3 is 9.42 Å². The summed E-state index contributed by atoms with van der Waals surface area (Å²) < 4.78 is 7.29. The number of likely N-dealkylation sites (tertiary alicyclic amines) is 1. The molecular formula is C21H26N6O2. The Balaban J connectivity index is 1.31. The number of hydrogen-bond acceptors (Lipinski definition) is 6. The molecule has 152 valence electrons. The number of rotatable bonds is 5. The van der Waals surface area contributed by atoms with Crippen LogP contribution in [0.2, 0.25) is 0 Å². The first-order valence-corrected chi connectivity index (χ1v) is 10.0. The minimum absolute atomic E-state index is 0.205. The quantitative estimate of drug-likeness (QED) is 0.661. The first-order chi connectivity index (χ1) is 14.0. The Labute approximate surface area is 169 Å². The molecule has 3 aromatic heterocycles. The second-order valence-electron chi connectivity index (χ2n) is 7.62. The van der Waals surface area contributed by atoms with Crippen LogP contribution in [0, 0.1) is 13.8 Å². The summed E-state index contributed by atoms with van der Waals surface area (Å²) in [5.41, 5.74) is 4.20. The molecule has 3 aromatic rings. The molecule has 0 radical (unpaired) electrons. The third-order valence-corrected chi connectivity index (χ3v) is 5.83. The van der Waals surface area contributed by atoms with Gasteiger partial charge in [-0.15, -0.1) is 0 Å². The van der Waals surface area contributed by atoms with Gasteiger partial charge in [0.25, 0.3) is 5.89 Å². The van der Waals surface area contributed by atoms with Crippen molar-refractivity contribution in [3.05, 3.63) is 47.3 Å². The molecule has 0 bridgehead atoms. The smallest absolute Gasteiger partial charge is 0.258 e. The molecule has 0 aromatic carbocycles.